The van der Waals surface area contributed by atoms with Crippen molar-refractivity contribution in [1.82, 2.24) is 20.9 Å². The van der Waals surface area contributed by atoms with Crippen LogP contribution in [0, 0.1) is 11.8 Å². The summed E-state index contributed by atoms with van der Waals surface area (Å²) in [6, 6.07) is 12.9. The molecule has 10 heteroatoms. The van der Waals surface area contributed by atoms with Crippen LogP contribution < -0.4 is 21.7 Å². The van der Waals surface area contributed by atoms with Crippen molar-refractivity contribution in [2.75, 3.05) is 0 Å². The van der Waals surface area contributed by atoms with Crippen molar-refractivity contribution < 1.29 is 24.3 Å². The zero-order valence-electron chi connectivity index (χ0n) is 24.0. The lowest BCUT2D eigenvalue weighted by Gasteiger charge is -2.28. The van der Waals surface area contributed by atoms with Crippen molar-refractivity contribution >= 4 is 34.6 Å². The Labute approximate surface area is 240 Å². The second kappa shape index (κ2) is 14.5. The number of carboxylic acid groups (broad SMARTS) is 1. The van der Waals surface area contributed by atoms with Crippen LogP contribution in [0.2, 0.25) is 0 Å². The summed E-state index contributed by atoms with van der Waals surface area (Å²) >= 11 is 0. The van der Waals surface area contributed by atoms with Crippen LogP contribution in [-0.2, 0) is 32.0 Å². The molecule has 0 aliphatic heterocycles. The van der Waals surface area contributed by atoms with Gasteiger partial charge in [0.05, 0.1) is 6.04 Å². The lowest BCUT2D eigenvalue weighted by molar-refractivity contribution is -0.144. The van der Waals surface area contributed by atoms with Crippen LogP contribution in [0.4, 0.5) is 0 Å². The largest absolute Gasteiger partial charge is 0.480 e. The molecule has 5 atom stereocenters. The Morgan fingerprint density at radius 1 is 0.829 bits per heavy atom. The van der Waals surface area contributed by atoms with E-state index in [1.165, 1.54) is 0 Å². The smallest absolute Gasteiger partial charge is 0.326 e. The zero-order valence-corrected chi connectivity index (χ0v) is 24.0. The molecule has 0 bridgehead atoms. The van der Waals surface area contributed by atoms with Crippen LogP contribution in [0.1, 0.15) is 45.2 Å². The number of nitrogens with two attached hydrogens (primary N) is 1. The molecule has 1 aromatic heterocycles. The van der Waals surface area contributed by atoms with E-state index < -0.39 is 47.9 Å². The SMILES string of the molecule is CCC(C)C(NC(=O)C(NC(=O)C(Cc1ccccc1)NC(=O)C(N)Cc1c[nH]c2ccccc12)C(C)C)C(=O)O. The summed E-state index contributed by atoms with van der Waals surface area (Å²) < 4.78 is 0. The van der Waals surface area contributed by atoms with Crippen LogP contribution >= 0.6 is 0 Å². The monoisotopic (exact) mass is 563 g/mol. The quantitative estimate of drug-likeness (QED) is 0.176. The molecule has 0 spiro atoms. The summed E-state index contributed by atoms with van der Waals surface area (Å²) in [6.07, 6.45) is 2.82. The predicted octanol–water partition coefficient (Wildman–Crippen LogP) is 2.52. The van der Waals surface area contributed by atoms with E-state index in [9.17, 15) is 24.3 Å². The predicted molar refractivity (Wildman–Crippen MR) is 158 cm³/mol. The number of amides is 3. The van der Waals surface area contributed by atoms with Gasteiger partial charge in [0, 0.05) is 23.5 Å². The van der Waals surface area contributed by atoms with Crippen LogP contribution in [0.3, 0.4) is 0 Å². The molecule has 2 aromatic carbocycles. The summed E-state index contributed by atoms with van der Waals surface area (Å²) in [6.45, 7) is 7.10. The average molecular weight is 564 g/mol. The van der Waals surface area contributed by atoms with Gasteiger partial charge in [-0.05, 0) is 35.4 Å². The van der Waals surface area contributed by atoms with E-state index in [0.717, 1.165) is 22.0 Å². The van der Waals surface area contributed by atoms with Gasteiger partial charge in [-0.3, -0.25) is 14.4 Å². The molecule has 3 aromatic rings. The number of hydrogen-bond donors (Lipinski definition) is 6. The Morgan fingerprint density at radius 2 is 1.46 bits per heavy atom. The molecule has 220 valence electrons. The molecule has 0 radical (unpaired) electrons. The molecule has 0 aliphatic carbocycles. The van der Waals surface area contributed by atoms with E-state index >= 15 is 0 Å². The molecule has 3 rings (SSSR count). The van der Waals surface area contributed by atoms with Gasteiger partial charge in [0.25, 0.3) is 0 Å². The number of fused-ring (bicyclic) bond motifs is 1. The van der Waals surface area contributed by atoms with Crippen molar-refractivity contribution in [2.24, 2.45) is 17.6 Å². The van der Waals surface area contributed by atoms with Crippen molar-refractivity contribution in [2.45, 2.75) is 71.1 Å². The Kier molecular flexibility index (Phi) is 11.0. The maximum absolute atomic E-state index is 13.6. The number of carbonyl (C=O) groups excluding carboxylic acids is 3. The number of aromatic amines is 1. The van der Waals surface area contributed by atoms with E-state index in [-0.39, 0.29) is 24.7 Å². The number of aliphatic carboxylic acids is 1. The second-order valence-electron chi connectivity index (χ2n) is 10.9. The van der Waals surface area contributed by atoms with Crippen LogP contribution in [0.25, 0.3) is 10.9 Å². The third-order valence-electron chi connectivity index (χ3n) is 7.39. The van der Waals surface area contributed by atoms with Gasteiger partial charge in [-0.1, -0.05) is 82.6 Å². The standard InChI is InChI=1S/C31H41N5O5/c1-5-19(4)27(31(40)41)36-30(39)26(18(2)3)35-29(38)25(15-20-11-7-6-8-12-20)34-28(37)23(32)16-21-17-33-24-14-10-9-13-22(21)24/h6-14,17-19,23,25-27,33H,5,15-16,32H2,1-4H3,(H,34,37)(H,35,38)(H,36,39)(H,40,41). The van der Waals surface area contributed by atoms with Gasteiger partial charge in [0.2, 0.25) is 17.7 Å². The highest BCUT2D eigenvalue weighted by atomic mass is 16.4. The third-order valence-corrected chi connectivity index (χ3v) is 7.39. The number of hydrogen-bond acceptors (Lipinski definition) is 5. The van der Waals surface area contributed by atoms with Gasteiger partial charge in [0.15, 0.2) is 0 Å². The Morgan fingerprint density at radius 3 is 2.10 bits per heavy atom. The fourth-order valence-corrected chi connectivity index (χ4v) is 4.68. The summed E-state index contributed by atoms with van der Waals surface area (Å²) in [7, 11) is 0. The summed E-state index contributed by atoms with van der Waals surface area (Å²) in [5.74, 6) is -3.45. The Bertz CT molecular complexity index is 1340. The molecule has 3 amide bonds. The van der Waals surface area contributed by atoms with Crippen molar-refractivity contribution in [3.05, 3.63) is 71.9 Å². The summed E-state index contributed by atoms with van der Waals surface area (Å²) in [4.78, 5) is 54.9. The maximum atomic E-state index is 13.6. The number of nitrogens with one attached hydrogen (secondary N) is 4. The third kappa shape index (κ3) is 8.40. The van der Waals surface area contributed by atoms with Crippen LogP contribution in [0.15, 0.2) is 60.8 Å². The van der Waals surface area contributed by atoms with Crippen molar-refractivity contribution in [3.8, 4) is 0 Å². The van der Waals surface area contributed by atoms with Crippen LogP contribution in [-0.4, -0.2) is 57.9 Å². The molecular formula is C31H41N5O5. The zero-order chi connectivity index (χ0) is 30.1. The molecule has 0 aliphatic rings. The number of aromatic nitrogens is 1. The molecule has 5 unspecified atom stereocenters. The highest BCUT2D eigenvalue weighted by molar-refractivity contribution is 5.94. The first kappa shape index (κ1) is 31.3. The first-order valence-electron chi connectivity index (χ1n) is 14.0. The molecule has 41 heavy (non-hydrogen) atoms. The molecule has 0 saturated heterocycles. The van der Waals surface area contributed by atoms with E-state index in [4.69, 9.17) is 5.73 Å². The molecule has 1 heterocycles. The van der Waals surface area contributed by atoms with E-state index in [1.54, 1.807) is 20.8 Å². The molecule has 0 saturated carbocycles. The van der Waals surface area contributed by atoms with Gasteiger partial charge in [-0.2, -0.15) is 0 Å². The van der Waals surface area contributed by atoms with E-state index in [0.29, 0.717) is 6.42 Å². The van der Waals surface area contributed by atoms with E-state index in [1.807, 2.05) is 67.7 Å². The fourth-order valence-electron chi connectivity index (χ4n) is 4.68. The molecule has 7 N–H and O–H groups in total. The first-order chi connectivity index (χ1) is 19.5. The van der Waals surface area contributed by atoms with Crippen molar-refractivity contribution in [3.63, 3.8) is 0 Å². The maximum Gasteiger partial charge on any atom is 0.326 e. The van der Waals surface area contributed by atoms with Gasteiger partial charge >= 0.3 is 5.97 Å². The average Bonchev–Trinajstić information content (AvgIpc) is 3.36. The summed E-state index contributed by atoms with van der Waals surface area (Å²) in [5, 5.41) is 18.7. The highest BCUT2D eigenvalue weighted by Crippen LogP contribution is 2.19. The Balaban J connectivity index is 1.76. The number of H-pyrrole nitrogens is 1. The van der Waals surface area contributed by atoms with Gasteiger partial charge in [0.1, 0.15) is 18.1 Å². The van der Waals surface area contributed by atoms with E-state index in [2.05, 4.69) is 20.9 Å². The minimum Gasteiger partial charge on any atom is -0.480 e. The molecule has 0 fully saturated rings. The normalized spacial score (nSPS) is 15.0. The molecular weight excluding hydrogens is 522 g/mol. The number of carbonyl (C=O) groups is 4. The fraction of sp³-hybridized carbons (Fsp3) is 0.419. The van der Waals surface area contributed by atoms with Gasteiger partial charge in [-0.15, -0.1) is 0 Å². The first-order valence-corrected chi connectivity index (χ1v) is 14.0. The number of benzene rings is 2. The lowest BCUT2D eigenvalue weighted by atomic mass is 9.97. The Hall–Kier alpha value is -4.18. The van der Waals surface area contributed by atoms with Gasteiger partial charge in [-0.25, -0.2) is 4.79 Å². The number of para-hydroxylation sites is 1. The minimum absolute atomic E-state index is 0.176. The highest BCUT2D eigenvalue weighted by Gasteiger charge is 2.33. The number of carboxylic acids is 1. The molecule has 10 nitrogen and oxygen atoms in total. The van der Waals surface area contributed by atoms with Crippen molar-refractivity contribution in [1.29, 1.82) is 0 Å². The topological polar surface area (TPSA) is 166 Å². The van der Waals surface area contributed by atoms with Gasteiger partial charge < -0.3 is 31.8 Å². The van der Waals surface area contributed by atoms with Crippen LogP contribution in [0.5, 0.6) is 0 Å². The second-order valence-corrected chi connectivity index (χ2v) is 10.9. The lowest BCUT2D eigenvalue weighted by Crippen LogP contribution is -2.59. The number of rotatable bonds is 14. The minimum atomic E-state index is -1.14. The summed E-state index contributed by atoms with van der Waals surface area (Å²) in [5.41, 5.74) is 8.92.